The third-order valence-corrected chi connectivity index (χ3v) is 2.89. The molecule has 1 heterocycles. The number of hydrogen-bond donors (Lipinski definition) is 1. The van der Waals surface area contributed by atoms with Crippen molar-refractivity contribution in [2.45, 2.75) is 6.92 Å². The van der Waals surface area contributed by atoms with Gasteiger partial charge >= 0.3 is 0 Å². The molecule has 2 rings (SSSR count). The van der Waals surface area contributed by atoms with E-state index < -0.39 is 0 Å². The third-order valence-electron chi connectivity index (χ3n) is 1.95. The zero-order valence-electron chi connectivity index (χ0n) is 8.34. The zero-order valence-corrected chi connectivity index (χ0v) is 9.16. The molecule has 0 aliphatic carbocycles. The summed E-state index contributed by atoms with van der Waals surface area (Å²) in [6.45, 7) is 2.07. The molecule has 2 aromatic rings. The van der Waals surface area contributed by atoms with Crippen LogP contribution in [0.15, 0.2) is 41.4 Å². The minimum Gasteiger partial charge on any atom is -0.508 e. The Morgan fingerprint density at radius 3 is 2.47 bits per heavy atom. The van der Waals surface area contributed by atoms with Crippen LogP contribution < -0.4 is 0 Å². The van der Waals surface area contributed by atoms with Crippen LogP contribution in [0.25, 0.3) is 0 Å². The normalized spacial score (nSPS) is 11.0. The van der Waals surface area contributed by atoms with Crippen LogP contribution in [0.1, 0.15) is 9.75 Å². The van der Waals surface area contributed by atoms with Gasteiger partial charge in [-0.15, -0.1) is 11.3 Å². The summed E-state index contributed by atoms with van der Waals surface area (Å²) in [6.07, 6.45) is 1.84. The minimum absolute atomic E-state index is 0.265. The molecule has 0 saturated carbocycles. The van der Waals surface area contributed by atoms with Crippen LogP contribution in [0.4, 0.5) is 5.69 Å². The molecule has 1 aromatic carbocycles. The second-order valence-electron chi connectivity index (χ2n) is 3.22. The monoisotopic (exact) mass is 217 g/mol. The Hall–Kier alpha value is -1.61. The fourth-order valence-electron chi connectivity index (χ4n) is 1.20. The molecular formula is C12H11NOS. The van der Waals surface area contributed by atoms with Crippen LogP contribution in [0, 0.1) is 6.92 Å². The lowest BCUT2D eigenvalue weighted by molar-refractivity contribution is 0.475. The van der Waals surface area contributed by atoms with E-state index >= 15 is 0 Å². The molecule has 0 radical (unpaired) electrons. The Bertz CT molecular complexity index is 471. The van der Waals surface area contributed by atoms with Gasteiger partial charge in [-0.05, 0) is 43.3 Å². The molecule has 1 aromatic heterocycles. The number of benzene rings is 1. The largest absolute Gasteiger partial charge is 0.508 e. The highest BCUT2D eigenvalue weighted by atomic mass is 32.1. The second-order valence-corrected chi connectivity index (χ2v) is 4.54. The fourth-order valence-corrected chi connectivity index (χ4v) is 1.95. The number of hydrogen-bond acceptors (Lipinski definition) is 3. The van der Waals surface area contributed by atoms with Crippen LogP contribution in [-0.2, 0) is 0 Å². The van der Waals surface area contributed by atoms with E-state index in [-0.39, 0.29) is 5.75 Å². The summed E-state index contributed by atoms with van der Waals surface area (Å²) in [5.74, 6) is 0.265. The standard InChI is InChI=1S/C12H11NOS/c1-9-2-7-12(15-9)8-13-10-3-5-11(14)6-4-10/h2-8,14H,1H3/b13-8+. The van der Waals surface area contributed by atoms with Gasteiger partial charge in [0.1, 0.15) is 5.75 Å². The number of phenolic OH excluding ortho intramolecular Hbond substituents is 1. The summed E-state index contributed by atoms with van der Waals surface area (Å²) in [5, 5.41) is 9.10. The van der Waals surface area contributed by atoms with Crippen molar-refractivity contribution < 1.29 is 5.11 Å². The third kappa shape index (κ3) is 2.67. The van der Waals surface area contributed by atoms with Gasteiger partial charge in [-0.1, -0.05) is 0 Å². The van der Waals surface area contributed by atoms with Crippen LogP contribution in [0.5, 0.6) is 5.75 Å². The Kier molecular flexibility index (Phi) is 2.83. The molecule has 0 saturated heterocycles. The van der Waals surface area contributed by atoms with Crippen LogP contribution in [0.2, 0.25) is 0 Å². The first-order valence-corrected chi connectivity index (χ1v) is 5.45. The summed E-state index contributed by atoms with van der Waals surface area (Å²) >= 11 is 1.71. The van der Waals surface area contributed by atoms with Gasteiger partial charge in [0.25, 0.3) is 0 Å². The van der Waals surface area contributed by atoms with Crippen molar-refractivity contribution in [2.75, 3.05) is 0 Å². The first-order chi connectivity index (χ1) is 7.24. The Labute approximate surface area is 92.5 Å². The highest BCUT2D eigenvalue weighted by molar-refractivity contribution is 7.13. The maximum atomic E-state index is 9.10. The van der Waals surface area contributed by atoms with E-state index in [2.05, 4.69) is 18.0 Å². The van der Waals surface area contributed by atoms with Crippen molar-refractivity contribution in [3.05, 3.63) is 46.2 Å². The summed E-state index contributed by atoms with van der Waals surface area (Å²) in [7, 11) is 0. The van der Waals surface area contributed by atoms with Gasteiger partial charge in [-0.2, -0.15) is 0 Å². The molecule has 0 aliphatic rings. The van der Waals surface area contributed by atoms with Gasteiger partial charge in [0.05, 0.1) is 5.69 Å². The molecule has 2 nitrogen and oxygen atoms in total. The molecule has 15 heavy (non-hydrogen) atoms. The summed E-state index contributed by atoms with van der Waals surface area (Å²) < 4.78 is 0. The fraction of sp³-hybridized carbons (Fsp3) is 0.0833. The van der Waals surface area contributed by atoms with Gasteiger partial charge < -0.3 is 5.11 Å². The topological polar surface area (TPSA) is 32.6 Å². The minimum atomic E-state index is 0.265. The maximum Gasteiger partial charge on any atom is 0.115 e. The number of aromatic hydroxyl groups is 1. The van der Waals surface area contributed by atoms with Crippen molar-refractivity contribution in [2.24, 2.45) is 4.99 Å². The average molecular weight is 217 g/mol. The van der Waals surface area contributed by atoms with E-state index in [0.717, 1.165) is 10.6 Å². The van der Waals surface area contributed by atoms with E-state index in [9.17, 15) is 0 Å². The molecule has 0 fully saturated rings. The second kappa shape index (κ2) is 4.28. The average Bonchev–Trinajstić information content (AvgIpc) is 2.64. The number of rotatable bonds is 2. The summed E-state index contributed by atoms with van der Waals surface area (Å²) in [6, 6.07) is 10.9. The Morgan fingerprint density at radius 2 is 1.87 bits per heavy atom. The van der Waals surface area contributed by atoms with Crippen molar-refractivity contribution >= 4 is 23.2 Å². The summed E-state index contributed by atoms with van der Waals surface area (Å²) in [5.41, 5.74) is 0.846. The van der Waals surface area contributed by atoms with Crippen LogP contribution in [-0.4, -0.2) is 11.3 Å². The maximum absolute atomic E-state index is 9.10. The molecule has 76 valence electrons. The van der Waals surface area contributed by atoms with Gasteiger partial charge in [-0.3, -0.25) is 4.99 Å². The lowest BCUT2D eigenvalue weighted by Crippen LogP contribution is -1.71. The highest BCUT2D eigenvalue weighted by Crippen LogP contribution is 2.18. The SMILES string of the molecule is Cc1ccc(/C=N/c2ccc(O)cc2)s1. The van der Waals surface area contributed by atoms with E-state index in [1.807, 2.05) is 12.3 Å². The number of phenols is 1. The lowest BCUT2D eigenvalue weighted by atomic mass is 10.3. The smallest absolute Gasteiger partial charge is 0.115 e. The van der Waals surface area contributed by atoms with Crippen molar-refractivity contribution in [1.29, 1.82) is 0 Å². The van der Waals surface area contributed by atoms with E-state index in [0.29, 0.717) is 0 Å². The van der Waals surface area contributed by atoms with Crippen molar-refractivity contribution in [3.63, 3.8) is 0 Å². The number of nitrogens with zero attached hydrogens (tertiary/aromatic N) is 1. The first kappa shape index (κ1) is 9.93. The Morgan fingerprint density at radius 1 is 1.13 bits per heavy atom. The lowest BCUT2D eigenvalue weighted by Gasteiger charge is -1.92. The van der Waals surface area contributed by atoms with E-state index in [1.165, 1.54) is 4.88 Å². The molecule has 0 spiro atoms. The van der Waals surface area contributed by atoms with Gasteiger partial charge in [0, 0.05) is 16.0 Å². The highest BCUT2D eigenvalue weighted by Gasteiger charge is 1.92. The first-order valence-electron chi connectivity index (χ1n) is 4.63. The zero-order chi connectivity index (χ0) is 10.7. The molecule has 0 bridgehead atoms. The number of aryl methyl sites for hydroxylation is 1. The molecule has 1 N–H and O–H groups in total. The molecule has 0 atom stereocenters. The van der Waals surface area contributed by atoms with E-state index in [4.69, 9.17) is 5.11 Å². The number of thiophene rings is 1. The van der Waals surface area contributed by atoms with Crippen molar-refractivity contribution in [3.8, 4) is 5.75 Å². The number of aliphatic imine (C=N–C) groups is 1. The molecular weight excluding hydrogens is 206 g/mol. The van der Waals surface area contributed by atoms with Crippen molar-refractivity contribution in [1.82, 2.24) is 0 Å². The predicted molar refractivity (Wildman–Crippen MR) is 64.4 cm³/mol. The molecule has 0 unspecified atom stereocenters. The quantitative estimate of drug-likeness (QED) is 0.767. The molecule has 3 heteroatoms. The summed E-state index contributed by atoms with van der Waals surface area (Å²) in [4.78, 5) is 6.72. The van der Waals surface area contributed by atoms with E-state index in [1.54, 1.807) is 35.6 Å². The molecule has 0 aliphatic heterocycles. The van der Waals surface area contributed by atoms with Crippen LogP contribution >= 0.6 is 11.3 Å². The van der Waals surface area contributed by atoms with Gasteiger partial charge in [0.15, 0.2) is 0 Å². The van der Waals surface area contributed by atoms with Gasteiger partial charge in [0.2, 0.25) is 0 Å². The van der Waals surface area contributed by atoms with Gasteiger partial charge in [-0.25, -0.2) is 0 Å². The molecule has 0 amide bonds. The van der Waals surface area contributed by atoms with Crippen LogP contribution in [0.3, 0.4) is 0 Å². The predicted octanol–water partition coefficient (Wildman–Crippen LogP) is 3.51. The Balaban J connectivity index is 2.14.